The average molecular weight is 149 g/mol. The third-order valence-electron chi connectivity index (χ3n) is 0.854. The van der Waals surface area contributed by atoms with E-state index in [-0.39, 0.29) is 6.61 Å². The van der Waals surface area contributed by atoms with Crippen molar-refractivity contribution in [1.82, 2.24) is 5.32 Å². The lowest BCUT2D eigenvalue weighted by Gasteiger charge is -2.02. The highest BCUT2D eigenvalue weighted by Crippen LogP contribution is 1.75. The first-order valence-corrected chi connectivity index (χ1v) is 3.32. The molecule has 0 saturated carbocycles. The molecule has 0 rings (SSSR count). The zero-order valence-corrected chi connectivity index (χ0v) is 6.30. The van der Waals surface area contributed by atoms with Gasteiger partial charge in [0.2, 0.25) is 0 Å². The molecule has 0 aromatic carbocycles. The first-order chi connectivity index (χ1) is 4.91. The van der Waals surface area contributed by atoms with Gasteiger partial charge in [0.15, 0.2) is 0 Å². The van der Waals surface area contributed by atoms with Crippen molar-refractivity contribution in [3.63, 3.8) is 0 Å². The van der Waals surface area contributed by atoms with E-state index in [9.17, 15) is 0 Å². The van der Waals surface area contributed by atoms with Crippen molar-refractivity contribution in [2.24, 2.45) is 0 Å². The number of nitrogens with one attached hydrogen (secondary N) is 1. The highest BCUT2D eigenvalue weighted by atomic mass is 16.5. The molecule has 0 amide bonds. The molecule has 0 spiro atoms. The van der Waals surface area contributed by atoms with Crippen LogP contribution in [0.1, 0.15) is 0 Å². The normalized spacial score (nSPS) is 10.2. The summed E-state index contributed by atoms with van der Waals surface area (Å²) in [4.78, 5) is 0. The lowest BCUT2D eigenvalue weighted by atomic mass is 10.7. The Morgan fingerprint density at radius 3 is 2.50 bits per heavy atom. The molecule has 0 aromatic heterocycles. The zero-order valence-electron chi connectivity index (χ0n) is 6.30. The molecule has 0 saturated heterocycles. The molecule has 4 heteroatoms. The average Bonchev–Trinajstić information content (AvgIpc) is 1.97. The standard InChI is InChI=1S/C6H15NO3/c1-7-6-10-5-4-9-3-2-8/h7-8H,2-6H2,1H3. The van der Waals surface area contributed by atoms with E-state index in [1.807, 2.05) is 7.05 Å². The maximum atomic E-state index is 8.29. The molecule has 0 atom stereocenters. The van der Waals surface area contributed by atoms with Crippen molar-refractivity contribution in [2.75, 3.05) is 40.2 Å². The molecule has 0 heterocycles. The van der Waals surface area contributed by atoms with Crippen LogP contribution in [0.2, 0.25) is 0 Å². The summed E-state index contributed by atoms with van der Waals surface area (Å²) >= 11 is 0. The van der Waals surface area contributed by atoms with Crippen molar-refractivity contribution >= 4 is 0 Å². The lowest BCUT2D eigenvalue weighted by molar-refractivity contribution is 0.0292. The van der Waals surface area contributed by atoms with Crippen LogP contribution >= 0.6 is 0 Å². The fourth-order valence-electron chi connectivity index (χ4n) is 0.459. The van der Waals surface area contributed by atoms with Crippen LogP contribution in [0.25, 0.3) is 0 Å². The summed E-state index contributed by atoms with van der Waals surface area (Å²) < 4.78 is 9.94. The predicted molar refractivity (Wildman–Crippen MR) is 37.8 cm³/mol. The number of rotatable bonds is 7. The summed E-state index contributed by atoms with van der Waals surface area (Å²) in [5, 5.41) is 11.1. The monoisotopic (exact) mass is 149 g/mol. The smallest absolute Gasteiger partial charge is 0.0963 e. The third kappa shape index (κ3) is 7.84. The van der Waals surface area contributed by atoms with Crippen LogP contribution in [0.15, 0.2) is 0 Å². The van der Waals surface area contributed by atoms with Crippen LogP contribution in [0.4, 0.5) is 0 Å². The van der Waals surface area contributed by atoms with Crippen LogP contribution in [0.3, 0.4) is 0 Å². The van der Waals surface area contributed by atoms with Gasteiger partial charge >= 0.3 is 0 Å². The van der Waals surface area contributed by atoms with Gasteiger partial charge in [-0.1, -0.05) is 0 Å². The van der Waals surface area contributed by atoms with Gasteiger partial charge in [0, 0.05) is 0 Å². The number of hydrogen-bond donors (Lipinski definition) is 2. The molecule has 10 heavy (non-hydrogen) atoms. The van der Waals surface area contributed by atoms with Crippen LogP contribution in [-0.4, -0.2) is 45.3 Å². The van der Waals surface area contributed by atoms with Gasteiger partial charge in [-0.25, -0.2) is 0 Å². The van der Waals surface area contributed by atoms with E-state index in [2.05, 4.69) is 5.32 Å². The highest BCUT2D eigenvalue weighted by Gasteiger charge is 1.85. The van der Waals surface area contributed by atoms with E-state index in [0.717, 1.165) is 0 Å². The van der Waals surface area contributed by atoms with Gasteiger partial charge in [-0.3, -0.25) is 5.32 Å². The fraction of sp³-hybridized carbons (Fsp3) is 1.00. The Kier molecular flexibility index (Phi) is 8.70. The second-order valence-corrected chi connectivity index (χ2v) is 1.74. The first-order valence-electron chi connectivity index (χ1n) is 3.32. The summed E-state index contributed by atoms with van der Waals surface area (Å²) in [7, 11) is 1.81. The molecule has 0 aromatic rings. The summed E-state index contributed by atoms with van der Waals surface area (Å²) in [6, 6.07) is 0. The topological polar surface area (TPSA) is 50.7 Å². The van der Waals surface area contributed by atoms with E-state index < -0.39 is 0 Å². The Morgan fingerprint density at radius 1 is 1.20 bits per heavy atom. The Labute approximate surface area is 61.1 Å². The molecular formula is C6H15NO3. The third-order valence-corrected chi connectivity index (χ3v) is 0.854. The highest BCUT2D eigenvalue weighted by molar-refractivity contribution is 4.29. The van der Waals surface area contributed by atoms with Crippen LogP contribution in [0.5, 0.6) is 0 Å². The molecule has 0 aliphatic carbocycles. The molecule has 0 aliphatic heterocycles. The Balaban J connectivity index is 2.65. The SMILES string of the molecule is CNCOCCOCCO. The minimum absolute atomic E-state index is 0.0754. The molecule has 62 valence electrons. The maximum Gasteiger partial charge on any atom is 0.0963 e. The minimum Gasteiger partial charge on any atom is -0.394 e. The van der Waals surface area contributed by atoms with Gasteiger partial charge in [0.1, 0.15) is 0 Å². The van der Waals surface area contributed by atoms with Crippen LogP contribution in [-0.2, 0) is 9.47 Å². The summed E-state index contributed by atoms with van der Waals surface area (Å²) in [6.07, 6.45) is 0. The van der Waals surface area contributed by atoms with Crippen molar-refractivity contribution < 1.29 is 14.6 Å². The summed E-state index contributed by atoms with van der Waals surface area (Å²) in [5.41, 5.74) is 0. The molecule has 0 fully saturated rings. The first kappa shape index (κ1) is 9.84. The van der Waals surface area contributed by atoms with Crippen molar-refractivity contribution in [1.29, 1.82) is 0 Å². The van der Waals surface area contributed by atoms with Crippen molar-refractivity contribution in [3.05, 3.63) is 0 Å². The second-order valence-electron chi connectivity index (χ2n) is 1.74. The number of hydrogen-bond acceptors (Lipinski definition) is 4. The van der Waals surface area contributed by atoms with Crippen LogP contribution < -0.4 is 5.32 Å². The Bertz CT molecular complexity index is 53.0. The van der Waals surface area contributed by atoms with Gasteiger partial charge in [-0.05, 0) is 7.05 Å². The second kappa shape index (κ2) is 8.84. The summed E-state index contributed by atoms with van der Waals surface area (Å²) in [6.45, 7) is 2.13. The predicted octanol–water partition coefficient (Wildman–Crippen LogP) is -0.811. The fourth-order valence-corrected chi connectivity index (χ4v) is 0.459. The lowest BCUT2D eigenvalue weighted by Crippen LogP contribution is -2.15. The minimum atomic E-state index is 0.0754. The van der Waals surface area contributed by atoms with Gasteiger partial charge < -0.3 is 14.6 Å². The van der Waals surface area contributed by atoms with Gasteiger partial charge in [-0.15, -0.1) is 0 Å². The van der Waals surface area contributed by atoms with E-state index in [0.29, 0.717) is 26.6 Å². The molecular weight excluding hydrogens is 134 g/mol. The summed E-state index contributed by atoms with van der Waals surface area (Å²) in [5.74, 6) is 0. The largest absolute Gasteiger partial charge is 0.394 e. The Morgan fingerprint density at radius 2 is 1.90 bits per heavy atom. The quantitative estimate of drug-likeness (QED) is 0.367. The maximum absolute atomic E-state index is 8.29. The van der Waals surface area contributed by atoms with Gasteiger partial charge in [-0.2, -0.15) is 0 Å². The van der Waals surface area contributed by atoms with Crippen LogP contribution in [0, 0.1) is 0 Å². The molecule has 2 N–H and O–H groups in total. The number of aliphatic hydroxyl groups excluding tert-OH is 1. The van der Waals surface area contributed by atoms with E-state index >= 15 is 0 Å². The number of ether oxygens (including phenoxy) is 2. The zero-order chi connectivity index (χ0) is 7.66. The molecule has 0 bridgehead atoms. The van der Waals surface area contributed by atoms with E-state index in [4.69, 9.17) is 14.6 Å². The molecule has 0 radical (unpaired) electrons. The van der Waals surface area contributed by atoms with Gasteiger partial charge in [0.05, 0.1) is 33.2 Å². The van der Waals surface area contributed by atoms with Crippen molar-refractivity contribution in [3.8, 4) is 0 Å². The molecule has 4 nitrogen and oxygen atoms in total. The Hall–Kier alpha value is -0.160. The van der Waals surface area contributed by atoms with E-state index in [1.54, 1.807) is 0 Å². The molecule has 0 aliphatic rings. The van der Waals surface area contributed by atoms with Crippen molar-refractivity contribution in [2.45, 2.75) is 0 Å². The number of aliphatic hydroxyl groups is 1. The molecule has 0 unspecified atom stereocenters. The van der Waals surface area contributed by atoms with E-state index in [1.165, 1.54) is 0 Å². The van der Waals surface area contributed by atoms with Gasteiger partial charge in [0.25, 0.3) is 0 Å².